The van der Waals surface area contributed by atoms with Crippen molar-refractivity contribution in [3.8, 4) is 5.75 Å². The standard InChI is InChI=1S/C14H20N2O2/c1-15(10-12-6-2-3-7-13(12)17)11-14(18)16-8-4-5-9-16/h2-3,6-7,17H,4-5,8-11H2,1H3. The molecule has 2 rings (SSSR count). The van der Waals surface area contributed by atoms with Crippen LogP contribution in [0.15, 0.2) is 24.3 Å². The minimum absolute atomic E-state index is 0.186. The van der Waals surface area contributed by atoms with Crippen LogP contribution in [-0.2, 0) is 11.3 Å². The molecule has 1 aliphatic rings. The Morgan fingerprint density at radius 3 is 2.67 bits per heavy atom. The highest BCUT2D eigenvalue weighted by atomic mass is 16.3. The molecule has 1 N–H and O–H groups in total. The lowest BCUT2D eigenvalue weighted by Gasteiger charge is -2.21. The summed E-state index contributed by atoms with van der Waals surface area (Å²) >= 11 is 0. The van der Waals surface area contributed by atoms with Gasteiger partial charge in [0.15, 0.2) is 0 Å². The molecule has 18 heavy (non-hydrogen) atoms. The van der Waals surface area contributed by atoms with Gasteiger partial charge in [-0.1, -0.05) is 18.2 Å². The smallest absolute Gasteiger partial charge is 0.236 e. The number of para-hydroxylation sites is 1. The summed E-state index contributed by atoms with van der Waals surface area (Å²) in [5, 5.41) is 9.68. The quantitative estimate of drug-likeness (QED) is 0.877. The molecule has 0 spiro atoms. The van der Waals surface area contributed by atoms with Crippen molar-refractivity contribution in [1.29, 1.82) is 0 Å². The molecule has 1 aromatic carbocycles. The van der Waals surface area contributed by atoms with Gasteiger partial charge < -0.3 is 10.0 Å². The largest absolute Gasteiger partial charge is 0.508 e. The Balaban J connectivity index is 1.86. The summed E-state index contributed by atoms with van der Waals surface area (Å²) in [6, 6.07) is 7.25. The fourth-order valence-electron chi connectivity index (χ4n) is 2.29. The van der Waals surface area contributed by atoms with Crippen molar-refractivity contribution in [3.63, 3.8) is 0 Å². The number of nitrogens with zero attached hydrogens (tertiary/aromatic N) is 2. The van der Waals surface area contributed by atoms with Crippen molar-refractivity contribution in [3.05, 3.63) is 29.8 Å². The zero-order chi connectivity index (χ0) is 13.0. The molecule has 1 heterocycles. The molecule has 1 fully saturated rings. The van der Waals surface area contributed by atoms with E-state index in [2.05, 4.69) is 0 Å². The minimum Gasteiger partial charge on any atom is -0.508 e. The van der Waals surface area contributed by atoms with E-state index in [1.807, 2.05) is 29.0 Å². The number of hydrogen-bond acceptors (Lipinski definition) is 3. The summed E-state index contributed by atoms with van der Waals surface area (Å²) < 4.78 is 0. The van der Waals surface area contributed by atoms with Crippen LogP contribution >= 0.6 is 0 Å². The van der Waals surface area contributed by atoms with Gasteiger partial charge in [-0.2, -0.15) is 0 Å². The third kappa shape index (κ3) is 3.23. The molecule has 0 aliphatic carbocycles. The number of rotatable bonds is 4. The average Bonchev–Trinajstić information content (AvgIpc) is 2.85. The molecule has 1 aromatic rings. The molecule has 98 valence electrons. The average molecular weight is 248 g/mol. The Bertz CT molecular complexity index is 414. The fourth-order valence-corrected chi connectivity index (χ4v) is 2.29. The number of carbonyl (C=O) groups is 1. The van der Waals surface area contributed by atoms with Gasteiger partial charge in [-0.15, -0.1) is 0 Å². The Morgan fingerprint density at radius 2 is 2.00 bits per heavy atom. The zero-order valence-electron chi connectivity index (χ0n) is 10.8. The summed E-state index contributed by atoms with van der Waals surface area (Å²) in [6.45, 7) is 2.78. The maximum atomic E-state index is 12.0. The van der Waals surface area contributed by atoms with Crippen LogP contribution in [0.25, 0.3) is 0 Å². The van der Waals surface area contributed by atoms with Crippen molar-refractivity contribution in [2.75, 3.05) is 26.7 Å². The predicted octanol–water partition coefficient (Wildman–Crippen LogP) is 1.45. The SMILES string of the molecule is CN(CC(=O)N1CCCC1)Cc1ccccc1O. The normalized spacial score (nSPS) is 15.3. The number of hydrogen-bond donors (Lipinski definition) is 1. The number of amides is 1. The third-order valence-corrected chi connectivity index (χ3v) is 3.30. The van der Waals surface area contributed by atoms with E-state index in [4.69, 9.17) is 0 Å². The van der Waals surface area contributed by atoms with Gasteiger partial charge in [0.1, 0.15) is 5.75 Å². The number of likely N-dealkylation sites (tertiary alicyclic amines) is 1. The van der Waals surface area contributed by atoms with Crippen molar-refractivity contribution >= 4 is 5.91 Å². The van der Waals surface area contributed by atoms with E-state index in [1.54, 1.807) is 12.1 Å². The number of benzene rings is 1. The van der Waals surface area contributed by atoms with E-state index in [9.17, 15) is 9.90 Å². The van der Waals surface area contributed by atoms with Gasteiger partial charge in [-0.05, 0) is 26.0 Å². The number of phenolic OH excluding ortho intramolecular Hbond substituents is 1. The number of aromatic hydroxyl groups is 1. The van der Waals surface area contributed by atoms with Crippen LogP contribution in [0.4, 0.5) is 0 Å². The first-order valence-electron chi connectivity index (χ1n) is 6.40. The number of carbonyl (C=O) groups excluding carboxylic acids is 1. The second-order valence-electron chi connectivity index (χ2n) is 4.89. The first-order chi connectivity index (χ1) is 8.66. The lowest BCUT2D eigenvalue weighted by molar-refractivity contribution is -0.131. The molecule has 1 aliphatic heterocycles. The predicted molar refractivity (Wildman–Crippen MR) is 70.3 cm³/mol. The van der Waals surface area contributed by atoms with Gasteiger partial charge in [0.05, 0.1) is 6.54 Å². The molecule has 4 heteroatoms. The second-order valence-corrected chi connectivity index (χ2v) is 4.89. The van der Waals surface area contributed by atoms with E-state index in [1.165, 1.54) is 0 Å². The van der Waals surface area contributed by atoms with E-state index < -0.39 is 0 Å². The number of likely N-dealkylation sites (N-methyl/N-ethyl adjacent to an activating group) is 1. The molecule has 0 atom stereocenters. The molecular weight excluding hydrogens is 228 g/mol. The van der Waals surface area contributed by atoms with Crippen LogP contribution in [0, 0.1) is 0 Å². The summed E-state index contributed by atoms with van der Waals surface area (Å²) in [6.07, 6.45) is 2.24. The fraction of sp³-hybridized carbons (Fsp3) is 0.500. The lowest BCUT2D eigenvalue weighted by Crippen LogP contribution is -2.36. The van der Waals surface area contributed by atoms with Gasteiger partial charge in [0, 0.05) is 25.2 Å². The molecule has 0 bridgehead atoms. The summed E-state index contributed by atoms with van der Waals surface area (Å²) in [7, 11) is 1.90. The summed E-state index contributed by atoms with van der Waals surface area (Å²) in [5.41, 5.74) is 0.856. The Hall–Kier alpha value is -1.55. The highest BCUT2D eigenvalue weighted by Gasteiger charge is 2.19. The van der Waals surface area contributed by atoms with Crippen LogP contribution < -0.4 is 0 Å². The van der Waals surface area contributed by atoms with Crippen LogP contribution in [-0.4, -0.2) is 47.5 Å². The van der Waals surface area contributed by atoms with Crippen molar-refractivity contribution in [1.82, 2.24) is 9.80 Å². The van der Waals surface area contributed by atoms with Crippen molar-refractivity contribution in [2.24, 2.45) is 0 Å². The topological polar surface area (TPSA) is 43.8 Å². The molecule has 1 amide bonds. The number of phenols is 1. The highest BCUT2D eigenvalue weighted by Crippen LogP contribution is 2.17. The van der Waals surface area contributed by atoms with Crippen molar-refractivity contribution in [2.45, 2.75) is 19.4 Å². The van der Waals surface area contributed by atoms with Crippen LogP contribution in [0.1, 0.15) is 18.4 Å². The van der Waals surface area contributed by atoms with Crippen molar-refractivity contribution < 1.29 is 9.90 Å². The van der Waals surface area contributed by atoms with E-state index >= 15 is 0 Å². The molecule has 0 radical (unpaired) electrons. The summed E-state index contributed by atoms with van der Waals surface area (Å²) in [4.78, 5) is 15.8. The van der Waals surface area contributed by atoms with Gasteiger partial charge in [-0.3, -0.25) is 9.69 Å². The Morgan fingerprint density at radius 1 is 1.33 bits per heavy atom. The highest BCUT2D eigenvalue weighted by molar-refractivity contribution is 5.78. The maximum absolute atomic E-state index is 12.0. The molecular formula is C14H20N2O2. The van der Waals surface area contributed by atoms with Gasteiger partial charge in [-0.25, -0.2) is 0 Å². The van der Waals surface area contributed by atoms with E-state index in [0.717, 1.165) is 31.5 Å². The summed E-state index contributed by atoms with van der Waals surface area (Å²) in [5.74, 6) is 0.475. The monoisotopic (exact) mass is 248 g/mol. The molecule has 1 saturated heterocycles. The first kappa shape index (κ1) is 12.9. The molecule has 0 unspecified atom stereocenters. The third-order valence-electron chi connectivity index (χ3n) is 3.30. The Labute approximate surface area is 108 Å². The minimum atomic E-state index is 0.186. The molecule has 0 aromatic heterocycles. The maximum Gasteiger partial charge on any atom is 0.236 e. The van der Waals surface area contributed by atoms with Crippen LogP contribution in [0.3, 0.4) is 0 Å². The van der Waals surface area contributed by atoms with Crippen LogP contribution in [0.5, 0.6) is 5.75 Å². The molecule has 0 saturated carbocycles. The van der Waals surface area contributed by atoms with Gasteiger partial charge in [0.25, 0.3) is 0 Å². The van der Waals surface area contributed by atoms with E-state index in [-0.39, 0.29) is 11.7 Å². The Kier molecular flexibility index (Phi) is 4.20. The van der Waals surface area contributed by atoms with E-state index in [0.29, 0.717) is 13.1 Å². The second kappa shape index (κ2) is 5.87. The first-order valence-corrected chi connectivity index (χ1v) is 6.40. The van der Waals surface area contributed by atoms with Crippen LogP contribution in [0.2, 0.25) is 0 Å². The van der Waals surface area contributed by atoms with Gasteiger partial charge in [0.2, 0.25) is 5.91 Å². The lowest BCUT2D eigenvalue weighted by atomic mass is 10.2. The van der Waals surface area contributed by atoms with Gasteiger partial charge >= 0.3 is 0 Å². The molecule has 4 nitrogen and oxygen atoms in total. The zero-order valence-corrected chi connectivity index (χ0v) is 10.8.